The fourth-order valence-electron chi connectivity index (χ4n) is 4.26. The summed E-state index contributed by atoms with van der Waals surface area (Å²) in [6, 6.07) is 0.203. The maximum Gasteiger partial charge on any atom is 0.407 e. The van der Waals surface area contributed by atoms with Crippen molar-refractivity contribution >= 4 is 6.09 Å². The Morgan fingerprint density at radius 2 is 2.00 bits per heavy atom. The van der Waals surface area contributed by atoms with E-state index in [4.69, 9.17) is 0 Å². The molecular formula is C17H32N2O2. The van der Waals surface area contributed by atoms with Crippen LogP contribution in [0, 0.1) is 11.8 Å². The van der Waals surface area contributed by atoms with Gasteiger partial charge in [0.25, 0.3) is 0 Å². The van der Waals surface area contributed by atoms with E-state index in [2.05, 4.69) is 11.8 Å². The lowest BCUT2D eigenvalue weighted by Crippen LogP contribution is -2.50. The highest BCUT2D eigenvalue weighted by Gasteiger charge is 2.38. The summed E-state index contributed by atoms with van der Waals surface area (Å²) in [7, 11) is 0. The van der Waals surface area contributed by atoms with E-state index < -0.39 is 6.09 Å². The molecule has 122 valence electrons. The number of hydrogen-bond donors (Lipinski definition) is 1. The Balaban J connectivity index is 1.89. The van der Waals surface area contributed by atoms with Crippen molar-refractivity contribution in [3.63, 3.8) is 0 Å². The highest BCUT2D eigenvalue weighted by Crippen LogP contribution is 2.34. The molecular weight excluding hydrogens is 264 g/mol. The summed E-state index contributed by atoms with van der Waals surface area (Å²) in [5.74, 6) is 1.49. The van der Waals surface area contributed by atoms with E-state index in [1.165, 1.54) is 38.9 Å². The summed E-state index contributed by atoms with van der Waals surface area (Å²) in [6.07, 6.45) is 5.16. The third-order valence-corrected chi connectivity index (χ3v) is 5.07. The van der Waals surface area contributed by atoms with Crippen molar-refractivity contribution in [2.45, 2.75) is 71.4 Å². The highest BCUT2D eigenvalue weighted by molar-refractivity contribution is 5.66. The summed E-state index contributed by atoms with van der Waals surface area (Å²) < 4.78 is 0. The molecule has 4 heteroatoms. The van der Waals surface area contributed by atoms with Crippen molar-refractivity contribution in [3.05, 3.63) is 0 Å². The van der Waals surface area contributed by atoms with Crippen molar-refractivity contribution in [1.29, 1.82) is 0 Å². The molecule has 2 rings (SSSR count). The Hall–Kier alpha value is -0.770. The first kappa shape index (κ1) is 16.6. The molecule has 1 unspecified atom stereocenters. The number of nitrogens with zero attached hydrogens (tertiary/aromatic N) is 2. The smallest absolute Gasteiger partial charge is 0.407 e. The second-order valence-electron chi connectivity index (χ2n) is 8.16. The van der Waals surface area contributed by atoms with Gasteiger partial charge in [-0.15, -0.1) is 0 Å². The fraction of sp³-hybridized carbons (Fsp3) is 0.941. The summed E-state index contributed by atoms with van der Waals surface area (Å²) in [4.78, 5) is 15.9. The number of carbonyl (C=O) groups is 1. The van der Waals surface area contributed by atoms with Crippen LogP contribution in [0.5, 0.6) is 0 Å². The van der Waals surface area contributed by atoms with Crippen LogP contribution in [-0.2, 0) is 0 Å². The first-order chi connectivity index (χ1) is 9.77. The average Bonchev–Trinajstić information content (AvgIpc) is 2.74. The first-order valence-electron chi connectivity index (χ1n) is 8.52. The Labute approximate surface area is 129 Å². The van der Waals surface area contributed by atoms with Crippen LogP contribution in [0.2, 0.25) is 0 Å². The largest absolute Gasteiger partial charge is 0.465 e. The number of rotatable bonds is 3. The molecule has 21 heavy (non-hydrogen) atoms. The Morgan fingerprint density at radius 3 is 2.57 bits per heavy atom. The molecule has 0 spiro atoms. The quantitative estimate of drug-likeness (QED) is 0.864. The van der Waals surface area contributed by atoms with Crippen molar-refractivity contribution in [2.75, 3.05) is 19.6 Å². The first-order valence-corrected chi connectivity index (χ1v) is 8.52. The van der Waals surface area contributed by atoms with Gasteiger partial charge in [0.15, 0.2) is 0 Å². The minimum atomic E-state index is -0.764. The molecule has 2 fully saturated rings. The van der Waals surface area contributed by atoms with Gasteiger partial charge in [-0.05, 0) is 71.3 Å². The third kappa shape index (κ3) is 4.35. The highest BCUT2D eigenvalue weighted by atomic mass is 16.4. The zero-order valence-electron chi connectivity index (χ0n) is 14.1. The van der Waals surface area contributed by atoms with Gasteiger partial charge in [0, 0.05) is 24.7 Å². The second kappa shape index (κ2) is 6.55. The van der Waals surface area contributed by atoms with Crippen molar-refractivity contribution in [1.82, 2.24) is 9.80 Å². The van der Waals surface area contributed by atoms with E-state index >= 15 is 0 Å². The van der Waals surface area contributed by atoms with Gasteiger partial charge in [0.2, 0.25) is 0 Å². The molecule has 0 aromatic carbocycles. The molecule has 0 aromatic rings. The van der Waals surface area contributed by atoms with Gasteiger partial charge in [-0.1, -0.05) is 6.92 Å². The van der Waals surface area contributed by atoms with Crippen molar-refractivity contribution in [3.8, 4) is 0 Å². The zero-order chi connectivity index (χ0) is 15.6. The van der Waals surface area contributed by atoms with E-state index in [9.17, 15) is 9.90 Å². The molecule has 1 aliphatic carbocycles. The van der Waals surface area contributed by atoms with Gasteiger partial charge in [-0.2, -0.15) is 0 Å². The molecule has 4 nitrogen and oxygen atoms in total. The monoisotopic (exact) mass is 296 g/mol. The van der Waals surface area contributed by atoms with Crippen LogP contribution < -0.4 is 0 Å². The lowest BCUT2D eigenvalue weighted by Gasteiger charge is -2.38. The van der Waals surface area contributed by atoms with E-state index in [0.29, 0.717) is 5.92 Å². The average molecular weight is 296 g/mol. The molecule has 1 aliphatic heterocycles. The van der Waals surface area contributed by atoms with Crippen LogP contribution in [0.3, 0.4) is 0 Å². The topological polar surface area (TPSA) is 43.8 Å². The molecule has 0 radical (unpaired) electrons. The van der Waals surface area contributed by atoms with Gasteiger partial charge in [-0.3, -0.25) is 0 Å². The Bertz CT molecular complexity index is 364. The maximum absolute atomic E-state index is 11.6. The van der Waals surface area contributed by atoms with Gasteiger partial charge in [0.1, 0.15) is 0 Å². The molecule has 2 aliphatic rings. The van der Waals surface area contributed by atoms with E-state index in [1.54, 1.807) is 4.90 Å². The van der Waals surface area contributed by atoms with Crippen LogP contribution in [0.4, 0.5) is 4.79 Å². The fourth-order valence-corrected chi connectivity index (χ4v) is 4.26. The minimum absolute atomic E-state index is 0.203. The van der Waals surface area contributed by atoms with Crippen molar-refractivity contribution < 1.29 is 9.90 Å². The minimum Gasteiger partial charge on any atom is -0.465 e. The van der Waals surface area contributed by atoms with E-state index in [0.717, 1.165) is 18.8 Å². The summed E-state index contributed by atoms with van der Waals surface area (Å²) >= 11 is 0. The number of hydrogen-bond acceptors (Lipinski definition) is 2. The predicted molar refractivity (Wildman–Crippen MR) is 85.6 cm³/mol. The molecule has 1 N–H and O–H groups in total. The van der Waals surface area contributed by atoms with Crippen LogP contribution in [0.15, 0.2) is 0 Å². The second-order valence-corrected chi connectivity index (χ2v) is 8.16. The zero-order valence-corrected chi connectivity index (χ0v) is 14.1. The normalized spacial score (nSPS) is 31.3. The van der Waals surface area contributed by atoms with Gasteiger partial charge in [-0.25, -0.2) is 4.79 Å². The SMILES string of the molecule is CC1CCCN(C[C@H]2CC[C@@H](N(C(=O)O)C(C)(C)C)C2)C1. The summed E-state index contributed by atoms with van der Waals surface area (Å²) in [5, 5.41) is 9.53. The summed E-state index contributed by atoms with van der Waals surface area (Å²) in [6.45, 7) is 12.0. The lowest BCUT2D eigenvalue weighted by molar-refractivity contribution is 0.0693. The summed E-state index contributed by atoms with van der Waals surface area (Å²) in [5.41, 5.74) is -0.301. The lowest BCUT2D eigenvalue weighted by atomic mass is 9.98. The molecule has 3 atom stereocenters. The third-order valence-electron chi connectivity index (χ3n) is 5.07. The number of carboxylic acid groups (broad SMARTS) is 1. The van der Waals surface area contributed by atoms with Crippen LogP contribution in [-0.4, -0.2) is 52.2 Å². The molecule has 0 aromatic heterocycles. The molecule has 1 amide bonds. The Morgan fingerprint density at radius 1 is 1.29 bits per heavy atom. The Kier molecular flexibility index (Phi) is 5.18. The van der Waals surface area contributed by atoms with Crippen LogP contribution >= 0.6 is 0 Å². The van der Waals surface area contributed by atoms with Crippen LogP contribution in [0.25, 0.3) is 0 Å². The molecule has 1 saturated carbocycles. The standard InChI is InChI=1S/C17H32N2O2/c1-13-6-5-9-18(11-13)12-14-7-8-15(10-14)19(16(20)21)17(2,3)4/h13-15H,5-12H2,1-4H3,(H,20,21)/t13?,14-,15+/m0/s1. The predicted octanol–water partition coefficient (Wildman–Crippen LogP) is 3.67. The van der Waals surface area contributed by atoms with Gasteiger partial charge < -0.3 is 14.9 Å². The van der Waals surface area contributed by atoms with E-state index in [-0.39, 0.29) is 11.6 Å². The van der Waals surface area contributed by atoms with Gasteiger partial charge in [0.05, 0.1) is 0 Å². The maximum atomic E-state index is 11.6. The van der Waals surface area contributed by atoms with E-state index in [1.807, 2.05) is 20.8 Å². The van der Waals surface area contributed by atoms with Crippen molar-refractivity contribution in [2.24, 2.45) is 11.8 Å². The van der Waals surface area contributed by atoms with Gasteiger partial charge >= 0.3 is 6.09 Å². The molecule has 0 bridgehead atoms. The number of piperidine rings is 1. The molecule has 1 heterocycles. The molecule has 1 saturated heterocycles. The number of amides is 1. The van der Waals surface area contributed by atoms with Crippen LogP contribution in [0.1, 0.15) is 59.8 Å². The number of likely N-dealkylation sites (tertiary alicyclic amines) is 1.